The highest BCUT2D eigenvalue weighted by Gasteiger charge is 2.29. The van der Waals surface area contributed by atoms with E-state index in [-0.39, 0.29) is 12.0 Å². The quantitative estimate of drug-likeness (QED) is 0.219. The summed E-state index contributed by atoms with van der Waals surface area (Å²) in [6, 6.07) is 49.3. The first-order valence-electron chi connectivity index (χ1n) is 14.6. The van der Waals surface area contributed by atoms with Gasteiger partial charge in [-0.1, -0.05) is 104 Å². The predicted molar refractivity (Wildman–Crippen MR) is 175 cm³/mol. The SMILES string of the molecule is CC1c2ccccc2C(c2ccc(-c3ccnc4ccccc34)cc2)=NC1c1c#cc(-c2ccnc3ccccc23)cc1. The molecule has 202 valence electrons. The summed E-state index contributed by atoms with van der Waals surface area (Å²) in [5.74, 6) is 0.208. The lowest BCUT2D eigenvalue weighted by Gasteiger charge is -2.29. The lowest BCUT2D eigenvalue weighted by Crippen LogP contribution is -2.20. The molecule has 3 nitrogen and oxygen atoms in total. The van der Waals surface area contributed by atoms with E-state index in [9.17, 15) is 0 Å². The van der Waals surface area contributed by atoms with E-state index in [1.807, 2.05) is 30.6 Å². The first kappa shape index (κ1) is 25.1. The first-order valence-corrected chi connectivity index (χ1v) is 14.6. The minimum Gasteiger partial charge on any atom is -0.275 e. The van der Waals surface area contributed by atoms with Crippen LogP contribution in [0.25, 0.3) is 44.1 Å². The molecule has 0 spiro atoms. The molecule has 3 heteroatoms. The summed E-state index contributed by atoms with van der Waals surface area (Å²) in [5.41, 5.74) is 12.1. The number of hydrogen-bond donors (Lipinski definition) is 0. The van der Waals surface area contributed by atoms with Crippen LogP contribution >= 0.6 is 0 Å². The van der Waals surface area contributed by atoms with Crippen LogP contribution in [-0.4, -0.2) is 15.7 Å². The molecule has 0 radical (unpaired) electrons. The van der Waals surface area contributed by atoms with Gasteiger partial charge >= 0.3 is 0 Å². The van der Waals surface area contributed by atoms with Crippen molar-refractivity contribution in [1.82, 2.24) is 9.97 Å². The molecule has 43 heavy (non-hydrogen) atoms. The van der Waals surface area contributed by atoms with Gasteiger partial charge in [0.05, 0.1) is 22.8 Å². The van der Waals surface area contributed by atoms with Crippen molar-refractivity contribution < 1.29 is 0 Å². The van der Waals surface area contributed by atoms with Crippen LogP contribution in [-0.2, 0) is 0 Å². The topological polar surface area (TPSA) is 38.1 Å². The molecule has 7 aromatic rings. The molecule has 3 heterocycles. The largest absolute Gasteiger partial charge is 0.275 e. The van der Waals surface area contributed by atoms with Gasteiger partial charge in [0.15, 0.2) is 0 Å². The number of pyridine rings is 2. The number of hydrogen-bond acceptors (Lipinski definition) is 3. The van der Waals surface area contributed by atoms with Gasteiger partial charge in [-0.3, -0.25) is 15.0 Å². The maximum absolute atomic E-state index is 5.39. The van der Waals surface area contributed by atoms with E-state index in [2.05, 4.69) is 132 Å². The molecule has 0 aliphatic carbocycles. The maximum Gasteiger partial charge on any atom is 0.0900 e. The van der Waals surface area contributed by atoms with E-state index in [0.717, 1.165) is 49.8 Å². The Bertz CT molecular complexity index is 2130. The van der Waals surface area contributed by atoms with Crippen molar-refractivity contribution in [2.24, 2.45) is 4.99 Å². The summed E-state index contributed by atoms with van der Waals surface area (Å²) < 4.78 is 0. The van der Waals surface area contributed by atoms with E-state index in [0.29, 0.717) is 0 Å². The average Bonchev–Trinajstić information content (AvgIpc) is 3.08. The van der Waals surface area contributed by atoms with Gasteiger partial charge in [0, 0.05) is 56.9 Å². The second-order valence-corrected chi connectivity index (χ2v) is 11.1. The van der Waals surface area contributed by atoms with Gasteiger partial charge in [-0.15, -0.1) is 0 Å². The molecule has 0 saturated heterocycles. The normalized spacial score (nSPS) is 16.0. The minimum atomic E-state index is -0.0618. The molecule has 1 aliphatic rings. The number of rotatable bonds is 4. The number of nitrogens with zero attached hydrogens (tertiary/aromatic N) is 3. The lowest BCUT2D eigenvalue weighted by molar-refractivity contribution is 0.591. The minimum absolute atomic E-state index is 0.0618. The van der Waals surface area contributed by atoms with Gasteiger partial charge < -0.3 is 0 Å². The van der Waals surface area contributed by atoms with Crippen molar-refractivity contribution in [3.8, 4) is 22.3 Å². The second-order valence-electron chi connectivity index (χ2n) is 11.1. The fourth-order valence-corrected chi connectivity index (χ4v) is 6.38. The van der Waals surface area contributed by atoms with Crippen molar-refractivity contribution in [1.29, 1.82) is 0 Å². The number of benzene rings is 4. The molecule has 0 fully saturated rings. The second kappa shape index (κ2) is 10.4. The number of fused-ring (bicyclic) bond motifs is 3. The van der Waals surface area contributed by atoms with Gasteiger partial charge in [-0.2, -0.15) is 0 Å². The predicted octanol–water partition coefficient (Wildman–Crippen LogP) is 9.41. The maximum atomic E-state index is 5.39. The molecule has 2 atom stereocenters. The first-order chi connectivity index (χ1) is 21.2. The van der Waals surface area contributed by atoms with Crippen LogP contribution in [0.5, 0.6) is 0 Å². The Labute approximate surface area is 251 Å². The highest BCUT2D eigenvalue weighted by Crippen LogP contribution is 2.41. The van der Waals surface area contributed by atoms with Crippen molar-refractivity contribution in [2.45, 2.75) is 18.9 Å². The van der Waals surface area contributed by atoms with Crippen LogP contribution in [0.2, 0.25) is 0 Å². The summed E-state index contributed by atoms with van der Waals surface area (Å²) in [5, 5.41) is 2.27. The summed E-state index contributed by atoms with van der Waals surface area (Å²) >= 11 is 0. The molecule has 8 rings (SSSR count). The number of aliphatic imine (C=N–C) groups is 1. The Kier molecular flexibility index (Phi) is 6.05. The highest BCUT2D eigenvalue weighted by atomic mass is 14.8. The van der Waals surface area contributed by atoms with Gasteiger partial charge in [0.2, 0.25) is 0 Å². The van der Waals surface area contributed by atoms with Crippen LogP contribution in [0.4, 0.5) is 0 Å². The Hall–Kier alpha value is -5.59. The zero-order valence-corrected chi connectivity index (χ0v) is 23.7. The summed E-state index contributed by atoms with van der Waals surface area (Å²) in [6.45, 7) is 2.26. The third kappa shape index (κ3) is 4.36. The van der Waals surface area contributed by atoms with E-state index in [1.165, 1.54) is 22.3 Å². The number of para-hydroxylation sites is 2. The number of aromatic nitrogens is 2. The van der Waals surface area contributed by atoms with Crippen LogP contribution in [0, 0.1) is 12.1 Å². The Balaban J connectivity index is 1.18. The lowest BCUT2D eigenvalue weighted by atomic mass is 9.81. The monoisotopic (exact) mass is 549 g/mol. The van der Waals surface area contributed by atoms with Gasteiger partial charge in [0.25, 0.3) is 0 Å². The molecule has 5 aromatic carbocycles. The van der Waals surface area contributed by atoms with E-state index < -0.39 is 0 Å². The molecule has 2 unspecified atom stereocenters. The molecule has 0 saturated carbocycles. The van der Waals surface area contributed by atoms with E-state index in [4.69, 9.17) is 4.99 Å². The third-order valence-electron chi connectivity index (χ3n) is 8.60. The van der Waals surface area contributed by atoms with Crippen molar-refractivity contribution in [3.63, 3.8) is 0 Å². The van der Waals surface area contributed by atoms with Crippen molar-refractivity contribution in [3.05, 3.63) is 168 Å². The third-order valence-corrected chi connectivity index (χ3v) is 8.60. The van der Waals surface area contributed by atoms with Gasteiger partial charge in [-0.05, 0) is 53.1 Å². The van der Waals surface area contributed by atoms with Crippen molar-refractivity contribution in [2.75, 3.05) is 0 Å². The molecular formula is C40H27N3. The summed E-state index contributed by atoms with van der Waals surface area (Å²) in [7, 11) is 0. The molecule has 2 aromatic heterocycles. The zero-order chi connectivity index (χ0) is 28.8. The Morgan fingerprint density at radius 2 is 1.16 bits per heavy atom. The van der Waals surface area contributed by atoms with Crippen molar-refractivity contribution >= 4 is 27.5 Å². The van der Waals surface area contributed by atoms with Gasteiger partial charge in [-0.25, -0.2) is 0 Å². The molecule has 1 aliphatic heterocycles. The standard InChI is InChI=1S/C40H27N3/c1-26-31-8-2-3-11-36(31)40(30-20-16-28(17-21-30)33-23-25-42-38-13-7-5-10-35(33)38)43-39(26)29-18-14-27(15-19-29)32-22-24-41-37-12-6-4-9-34(32)37/h2-14,16-18,20-26,39H,1H3. The van der Waals surface area contributed by atoms with Gasteiger partial charge in [0.1, 0.15) is 0 Å². The van der Waals surface area contributed by atoms with Crippen LogP contribution < -0.4 is 0 Å². The van der Waals surface area contributed by atoms with E-state index in [1.54, 1.807) is 0 Å². The molecular weight excluding hydrogens is 522 g/mol. The fourth-order valence-electron chi connectivity index (χ4n) is 6.38. The Morgan fingerprint density at radius 1 is 0.535 bits per heavy atom. The molecule has 0 amide bonds. The van der Waals surface area contributed by atoms with Crippen LogP contribution in [0.3, 0.4) is 0 Å². The highest BCUT2D eigenvalue weighted by molar-refractivity contribution is 6.15. The summed E-state index contributed by atoms with van der Waals surface area (Å²) in [4.78, 5) is 14.4. The summed E-state index contributed by atoms with van der Waals surface area (Å²) in [6.07, 6.45) is 3.74. The average molecular weight is 550 g/mol. The molecule has 0 N–H and O–H groups in total. The van der Waals surface area contributed by atoms with E-state index >= 15 is 0 Å². The Morgan fingerprint density at radius 3 is 1.88 bits per heavy atom. The van der Waals surface area contributed by atoms with Crippen LogP contribution in [0.1, 0.15) is 41.1 Å². The van der Waals surface area contributed by atoms with Crippen LogP contribution in [0.15, 0.2) is 139 Å². The zero-order valence-electron chi connectivity index (χ0n) is 23.7. The smallest absolute Gasteiger partial charge is 0.0900 e. The fraction of sp³-hybridized carbons (Fsp3) is 0.0750. The molecule has 0 bridgehead atoms.